The number of ether oxygens (including phenoxy) is 2. The molecule has 0 spiro atoms. The van der Waals surface area contributed by atoms with Gasteiger partial charge in [0.25, 0.3) is 10.1 Å². The molecule has 5 nitrogen and oxygen atoms in total. The van der Waals surface area contributed by atoms with Crippen molar-refractivity contribution in [2.45, 2.75) is 29.9 Å². The molecule has 0 aliphatic carbocycles. The lowest BCUT2D eigenvalue weighted by molar-refractivity contribution is -0.380. The van der Waals surface area contributed by atoms with Crippen molar-refractivity contribution in [1.82, 2.24) is 0 Å². The second-order valence-electron chi connectivity index (χ2n) is 3.11. The van der Waals surface area contributed by atoms with Crippen LogP contribution in [0.3, 0.4) is 0 Å². The Morgan fingerprint density at radius 3 is 1.67 bits per heavy atom. The van der Waals surface area contributed by atoms with Gasteiger partial charge in [-0.3, -0.25) is 9.29 Å². The lowest BCUT2D eigenvalue weighted by Crippen LogP contribution is -2.64. The fourth-order valence-electron chi connectivity index (χ4n) is 1.26. The summed E-state index contributed by atoms with van der Waals surface area (Å²) in [5.74, 6) is 0. The average Bonchev–Trinajstić information content (AvgIpc) is 2.40. The van der Waals surface area contributed by atoms with E-state index in [1.165, 1.54) is 0 Å². The fourth-order valence-corrected chi connectivity index (χ4v) is 2.23. The van der Waals surface area contributed by atoms with Crippen LogP contribution in [0.15, 0.2) is 0 Å². The van der Waals surface area contributed by atoms with Crippen LogP contribution in [0.4, 0.5) is 30.7 Å². The van der Waals surface area contributed by atoms with Crippen molar-refractivity contribution >= 4 is 10.1 Å². The van der Waals surface area contributed by atoms with Crippen LogP contribution in [0.1, 0.15) is 0 Å². The number of rotatable bonds is 1. The molecule has 1 N–H and O–H groups in total. The molecule has 1 heterocycles. The van der Waals surface area contributed by atoms with Crippen molar-refractivity contribution < 1.29 is 53.2 Å². The SMILES string of the molecule is O=S(=O)(O)C1OC(F)OC1(C(F)(F)F)C(F)(F)F. The zero-order valence-electron chi connectivity index (χ0n) is 7.79. The highest BCUT2D eigenvalue weighted by molar-refractivity contribution is 7.86. The number of hydrogen-bond donors (Lipinski definition) is 1. The van der Waals surface area contributed by atoms with Crippen LogP contribution in [0.5, 0.6) is 0 Å². The number of hydrogen-bond acceptors (Lipinski definition) is 4. The molecule has 0 saturated carbocycles. The molecule has 2 atom stereocenters. The lowest BCUT2D eigenvalue weighted by Gasteiger charge is -2.33. The lowest BCUT2D eigenvalue weighted by atomic mass is 10.0. The van der Waals surface area contributed by atoms with Crippen molar-refractivity contribution in [3.8, 4) is 0 Å². The van der Waals surface area contributed by atoms with Crippen LogP contribution < -0.4 is 0 Å². The molecule has 0 bridgehead atoms. The summed E-state index contributed by atoms with van der Waals surface area (Å²) in [5, 5.41) is 0. The highest BCUT2D eigenvalue weighted by atomic mass is 32.2. The van der Waals surface area contributed by atoms with Gasteiger partial charge in [-0.1, -0.05) is 0 Å². The monoisotopic (exact) mass is 308 g/mol. The smallest absolute Gasteiger partial charge is 0.300 e. The minimum absolute atomic E-state index is 2.94. The molecule has 0 aromatic heterocycles. The van der Waals surface area contributed by atoms with Crippen LogP contribution in [0, 0.1) is 0 Å². The maximum Gasteiger partial charge on any atom is 0.430 e. The molecule has 0 radical (unpaired) electrons. The predicted molar refractivity (Wildman–Crippen MR) is 37.2 cm³/mol. The highest BCUT2D eigenvalue weighted by Crippen LogP contribution is 2.54. The Labute approximate surface area is 94.2 Å². The molecule has 1 fully saturated rings. The molecule has 0 amide bonds. The van der Waals surface area contributed by atoms with Gasteiger partial charge < -0.3 is 4.74 Å². The zero-order valence-corrected chi connectivity index (χ0v) is 8.61. The third kappa shape index (κ3) is 2.15. The van der Waals surface area contributed by atoms with E-state index in [-0.39, 0.29) is 0 Å². The van der Waals surface area contributed by atoms with E-state index in [1.807, 2.05) is 0 Å². The summed E-state index contributed by atoms with van der Waals surface area (Å²) >= 11 is 0. The molecule has 1 saturated heterocycles. The molecule has 1 aliphatic heterocycles. The maximum atomic E-state index is 12.4. The zero-order chi connectivity index (χ0) is 14.6. The van der Waals surface area contributed by atoms with Crippen molar-refractivity contribution in [2.75, 3.05) is 0 Å². The van der Waals surface area contributed by atoms with Crippen molar-refractivity contribution in [1.29, 1.82) is 0 Å². The van der Waals surface area contributed by atoms with Crippen LogP contribution in [-0.4, -0.2) is 42.9 Å². The Kier molecular flexibility index (Phi) is 3.35. The van der Waals surface area contributed by atoms with Gasteiger partial charge in [0.05, 0.1) is 0 Å². The van der Waals surface area contributed by atoms with E-state index in [4.69, 9.17) is 4.55 Å². The summed E-state index contributed by atoms with van der Waals surface area (Å²) in [5.41, 5.74) is -9.49. The van der Waals surface area contributed by atoms with Crippen molar-refractivity contribution in [2.24, 2.45) is 0 Å². The minimum Gasteiger partial charge on any atom is -0.300 e. The van der Waals surface area contributed by atoms with Gasteiger partial charge >= 0.3 is 24.5 Å². The van der Waals surface area contributed by atoms with Crippen LogP contribution in [0.2, 0.25) is 0 Å². The average molecular weight is 308 g/mol. The van der Waals surface area contributed by atoms with Gasteiger partial charge in [-0.2, -0.15) is 39.2 Å². The van der Waals surface area contributed by atoms with Gasteiger partial charge in [0.2, 0.25) is 5.44 Å². The van der Waals surface area contributed by atoms with Gasteiger partial charge in [-0.05, 0) is 0 Å². The third-order valence-corrected chi connectivity index (χ3v) is 2.94. The van der Waals surface area contributed by atoms with Crippen LogP contribution in [0.25, 0.3) is 0 Å². The summed E-state index contributed by atoms with van der Waals surface area (Å²) < 4.78 is 122. The first-order valence-corrected chi connectivity index (χ1v) is 5.31. The van der Waals surface area contributed by atoms with Crippen molar-refractivity contribution in [3.63, 3.8) is 0 Å². The largest absolute Gasteiger partial charge is 0.430 e. The normalized spacial score (nSPS) is 29.6. The van der Waals surface area contributed by atoms with Gasteiger partial charge in [0.1, 0.15) is 0 Å². The second kappa shape index (κ2) is 3.91. The molecule has 18 heavy (non-hydrogen) atoms. The molecular weight excluding hydrogens is 305 g/mol. The van der Waals surface area contributed by atoms with Crippen LogP contribution in [-0.2, 0) is 19.6 Å². The summed E-state index contributed by atoms with van der Waals surface area (Å²) in [6.45, 7) is -3.61. The van der Waals surface area contributed by atoms with E-state index in [9.17, 15) is 39.2 Å². The highest BCUT2D eigenvalue weighted by Gasteiger charge is 2.83. The minimum atomic E-state index is -6.38. The molecule has 0 aromatic carbocycles. The summed E-state index contributed by atoms with van der Waals surface area (Å²) in [6.07, 6.45) is -12.8. The summed E-state index contributed by atoms with van der Waals surface area (Å²) in [4.78, 5) is 0. The van der Waals surface area contributed by atoms with Gasteiger partial charge in [-0.15, -0.1) is 0 Å². The molecule has 1 aliphatic rings. The first-order chi connectivity index (χ1) is 7.73. The molecule has 1 rings (SSSR count). The predicted octanol–water partition coefficient (Wildman–Crippen LogP) is 1.36. The first-order valence-electron chi connectivity index (χ1n) is 3.80. The Morgan fingerprint density at radius 2 is 1.44 bits per heavy atom. The molecular formula is C5H3F7O5S. The quantitative estimate of drug-likeness (QED) is 0.585. The third-order valence-electron chi connectivity index (χ3n) is 1.95. The Bertz CT molecular complexity index is 410. The maximum absolute atomic E-state index is 12.4. The summed E-state index contributed by atoms with van der Waals surface area (Å²) in [7, 11) is -6.04. The molecule has 108 valence electrons. The van der Waals surface area contributed by atoms with Gasteiger partial charge in [0.15, 0.2) is 0 Å². The Morgan fingerprint density at radius 1 is 1.06 bits per heavy atom. The molecule has 2 unspecified atom stereocenters. The second-order valence-corrected chi connectivity index (χ2v) is 4.56. The van der Waals surface area contributed by atoms with E-state index in [0.717, 1.165) is 0 Å². The van der Waals surface area contributed by atoms with Crippen molar-refractivity contribution in [3.05, 3.63) is 0 Å². The number of alkyl halides is 7. The van der Waals surface area contributed by atoms with E-state index in [2.05, 4.69) is 9.47 Å². The van der Waals surface area contributed by atoms with Gasteiger partial charge in [0, 0.05) is 0 Å². The van der Waals surface area contributed by atoms with E-state index >= 15 is 0 Å². The Balaban J connectivity index is 3.52. The first kappa shape index (κ1) is 15.4. The van der Waals surface area contributed by atoms with Crippen LogP contribution >= 0.6 is 0 Å². The van der Waals surface area contributed by atoms with Gasteiger partial charge in [-0.25, -0.2) is 0 Å². The number of halogens is 7. The fraction of sp³-hybridized carbons (Fsp3) is 1.00. The standard InChI is InChI=1S/C5H3F7O5S/c6-2-16-1(18(13,14)15)3(17-2,4(7,8)9)5(10,11)12/h1-2H,(H,13,14,15). The topological polar surface area (TPSA) is 72.8 Å². The molecule has 0 aromatic rings. The van der Waals surface area contributed by atoms with E-state index in [1.54, 1.807) is 0 Å². The summed E-state index contributed by atoms with van der Waals surface area (Å²) in [6, 6.07) is 0. The molecule has 13 heteroatoms. The Hall–Kier alpha value is -0.660. The van der Waals surface area contributed by atoms with E-state index < -0.39 is 40.1 Å². The van der Waals surface area contributed by atoms with E-state index in [0.29, 0.717) is 0 Å².